The van der Waals surface area contributed by atoms with Crippen molar-refractivity contribution in [3.05, 3.63) is 64.7 Å². The Kier molecular flexibility index (Phi) is 3.47. The summed E-state index contributed by atoms with van der Waals surface area (Å²) in [4.78, 5) is 11.9. The number of esters is 1. The highest BCUT2D eigenvalue weighted by atomic mass is 16.5. The highest BCUT2D eigenvalue weighted by molar-refractivity contribution is 5.91. The van der Waals surface area contributed by atoms with Crippen molar-refractivity contribution in [2.24, 2.45) is 0 Å². The topological polar surface area (TPSA) is 26.3 Å². The lowest BCUT2D eigenvalue weighted by molar-refractivity contribution is 0.0733. The number of benzene rings is 2. The van der Waals surface area contributed by atoms with Crippen LogP contribution in [0, 0.1) is 20.8 Å². The molecular formula is C16H16O2. The molecule has 0 aromatic heterocycles. The first kappa shape index (κ1) is 12.4. The third-order valence-corrected chi connectivity index (χ3v) is 3.22. The monoisotopic (exact) mass is 240 g/mol. The summed E-state index contributed by atoms with van der Waals surface area (Å²) >= 11 is 0. The molecule has 2 heteroatoms. The molecule has 2 aromatic rings. The van der Waals surface area contributed by atoms with Crippen LogP contribution in [-0.4, -0.2) is 5.97 Å². The van der Waals surface area contributed by atoms with Crippen molar-refractivity contribution in [1.82, 2.24) is 0 Å². The molecule has 0 aliphatic heterocycles. The van der Waals surface area contributed by atoms with Crippen LogP contribution in [-0.2, 0) is 0 Å². The largest absolute Gasteiger partial charge is 0.423 e. The molecule has 0 aliphatic carbocycles. The summed E-state index contributed by atoms with van der Waals surface area (Å²) in [5.41, 5.74) is 3.94. The van der Waals surface area contributed by atoms with Crippen molar-refractivity contribution >= 4 is 5.97 Å². The number of carbonyl (C=O) groups is 1. The van der Waals surface area contributed by atoms with Crippen LogP contribution in [0.15, 0.2) is 42.5 Å². The number of carbonyl (C=O) groups excluding carboxylic acids is 1. The number of hydrogen-bond acceptors (Lipinski definition) is 2. The van der Waals surface area contributed by atoms with Crippen LogP contribution in [0.25, 0.3) is 0 Å². The van der Waals surface area contributed by atoms with Gasteiger partial charge in [-0.3, -0.25) is 0 Å². The highest BCUT2D eigenvalue weighted by Crippen LogP contribution is 2.24. The molecule has 92 valence electrons. The van der Waals surface area contributed by atoms with Gasteiger partial charge in [0.2, 0.25) is 0 Å². The maximum atomic E-state index is 11.9. The molecule has 0 saturated carbocycles. The van der Waals surface area contributed by atoms with Crippen LogP contribution < -0.4 is 4.74 Å². The molecule has 2 aromatic carbocycles. The van der Waals surface area contributed by atoms with Gasteiger partial charge in [-0.15, -0.1) is 0 Å². The molecule has 0 heterocycles. The molecule has 0 aliphatic rings. The van der Waals surface area contributed by atoms with Crippen molar-refractivity contribution in [1.29, 1.82) is 0 Å². The smallest absolute Gasteiger partial charge is 0.343 e. The summed E-state index contributed by atoms with van der Waals surface area (Å²) in [6.07, 6.45) is 0. The average molecular weight is 240 g/mol. The fraction of sp³-hybridized carbons (Fsp3) is 0.188. The lowest BCUT2D eigenvalue weighted by Crippen LogP contribution is -2.09. The highest BCUT2D eigenvalue weighted by Gasteiger charge is 2.11. The Bertz CT molecular complexity index is 571. The van der Waals surface area contributed by atoms with Crippen molar-refractivity contribution < 1.29 is 9.53 Å². The summed E-state index contributed by atoms with van der Waals surface area (Å²) in [5, 5.41) is 0. The molecule has 0 saturated heterocycles. The first-order chi connectivity index (χ1) is 8.59. The minimum absolute atomic E-state index is 0.318. The zero-order valence-electron chi connectivity index (χ0n) is 10.9. The van der Waals surface area contributed by atoms with Gasteiger partial charge in [0.15, 0.2) is 0 Å². The Labute approximate surface area is 107 Å². The van der Waals surface area contributed by atoms with Crippen molar-refractivity contribution in [2.75, 3.05) is 0 Å². The van der Waals surface area contributed by atoms with E-state index < -0.39 is 0 Å². The van der Waals surface area contributed by atoms with E-state index in [0.717, 1.165) is 11.1 Å². The fourth-order valence-corrected chi connectivity index (χ4v) is 1.77. The molecule has 0 radical (unpaired) electrons. The molecule has 0 unspecified atom stereocenters. The van der Waals surface area contributed by atoms with Gasteiger partial charge in [-0.1, -0.05) is 24.3 Å². The number of ether oxygens (including phenoxy) is 1. The fourth-order valence-electron chi connectivity index (χ4n) is 1.77. The van der Waals surface area contributed by atoms with E-state index in [0.29, 0.717) is 11.3 Å². The third-order valence-electron chi connectivity index (χ3n) is 3.22. The van der Waals surface area contributed by atoms with Crippen LogP contribution in [0.5, 0.6) is 5.75 Å². The van der Waals surface area contributed by atoms with Gasteiger partial charge in [-0.2, -0.15) is 0 Å². The molecule has 0 atom stereocenters. The van der Waals surface area contributed by atoms with Crippen molar-refractivity contribution in [2.45, 2.75) is 20.8 Å². The standard InChI is InChI=1S/C16H16O2/c1-11-9-10-15(13(3)12(11)2)18-16(17)14-7-5-4-6-8-14/h4-10H,1-3H3. The predicted molar refractivity (Wildman–Crippen MR) is 72.1 cm³/mol. The maximum absolute atomic E-state index is 11.9. The molecule has 18 heavy (non-hydrogen) atoms. The molecule has 0 bridgehead atoms. The van der Waals surface area contributed by atoms with E-state index in [2.05, 4.69) is 0 Å². The summed E-state index contributed by atoms with van der Waals surface area (Å²) < 4.78 is 5.43. The average Bonchev–Trinajstić information content (AvgIpc) is 2.40. The van der Waals surface area contributed by atoms with E-state index >= 15 is 0 Å². The van der Waals surface area contributed by atoms with E-state index in [1.54, 1.807) is 12.1 Å². The number of rotatable bonds is 2. The number of aryl methyl sites for hydroxylation is 1. The first-order valence-corrected chi connectivity index (χ1v) is 5.93. The second kappa shape index (κ2) is 5.05. The van der Waals surface area contributed by atoms with Crippen LogP contribution in [0.2, 0.25) is 0 Å². The summed E-state index contributed by atoms with van der Waals surface area (Å²) in [6.45, 7) is 6.05. The lowest BCUT2D eigenvalue weighted by Gasteiger charge is -2.11. The maximum Gasteiger partial charge on any atom is 0.343 e. The molecule has 0 amide bonds. The van der Waals surface area contributed by atoms with Crippen LogP contribution in [0.1, 0.15) is 27.0 Å². The van der Waals surface area contributed by atoms with E-state index in [1.165, 1.54) is 5.56 Å². The van der Waals surface area contributed by atoms with Crippen molar-refractivity contribution in [3.8, 4) is 5.75 Å². The Morgan fingerprint density at radius 1 is 0.889 bits per heavy atom. The second-order valence-corrected chi connectivity index (χ2v) is 4.39. The number of hydrogen-bond donors (Lipinski definition) is 0. The van der Waals surface area contributed by atoms with Gasteiger partial charge in [-0.25, -0.2) is 4.79 Å². The summed E-state index contributed by atoms with van der Waals surface area (Å²) in [6, 6.07) is 12.8. The van der Waals surface area contributed by atoms with Crippen LogP contribution in [0.4, 0.5) is 0 Å². The van der Waals surface area contributed by atoms with Gasteiger partial charge in [0.1, 0.15) is 5.75 Å². The summed E-state index contributed by atoms with van der Waals surface area (Å²) in [5.74, 6) is 0.314. The van der Waals surface area contributed by atoms with Gasteiger partial charge < -0.3 is 4.74 Å². The molecule has 0 spiro atoms. The molecule has 2 nitrogen and oxygen atoms in total. The Balaban J connectivity index is 2.26. The van der Waals surface area contributed by atoms with E-state index in [-0.39, 0.29) is 5.97 Å². The Morgan fingerprint density at radius 2 is 1.56 bits per heavy atom. The zero-order chi connectivity index (χ0) is 13.1. The molecule has 0 N–H and O–H groups in total. The Hall–Kier alpha value is -2.09. The van der Waals surface area contributed by atoms with E-state index in [1.807, 2.05) is 51.1 Å². The quantitative estimate of drug-likeness (QED) is 0.589. The SMILES string of the molecule is Cc1ccc(OC(=O)c2ccccc2)c(C)c1C. The van der Waals surface area contributed by atoms with Gasteiger partial charge >= 0.3 is 5.97 Å². The van der Waals surface area contributed by atoms with Gasteiger partial charge in [-0.05, 0) is 55.7 Å². The van der Waals surface area contributed by atoms with Crippen LogP contribution >= 0.6 is 0 Å². The van der Waals surface area contributed by atoms with Crippen LogP contribution in [0.3, 0.4) is 0 Å². The molecule has 2 rings (SSSR count). The molecule has 0 fully saturated rings. The Morgan fingerprint density at radius 3 is 2.22 bits per heavy atom. The minimum Gasteiger partial charge on any atom is -0.423 e. The lowest BCUT2D eigenvalue weighted by atomic mass is 10.0. The third kappa shape index (κ3) is 2.43. The van der Waals surface area contributed by atoms with E-state index in [9.17, 15) is 4.79 Å². The predicted octanol–water partition coefficient (Wildman–Crippen LogP) is 3.83. The second-order valence-electron chi connectivity index (χ2n) is 4.39. The minimum atomic E-state index is -0.318. The van der Waals surface area contributed by atoms with Gasteiger partial charge in [0.25, 0.3) is 0 Å². The normalized spacial score (nSPS) is 10.2. The first-order valence-electron chi connectivity index (χ1n) is 5.93. The van der Waals surface area contributed by atoms with Gasteiger partial charge in [0.05, 0.1) is 5.56 Å². The van der Waals surface area contributed by atoms with Crippen molar-refractivity contribution in [3.63, 3.8) is 0 Å². The molecular weight excluding hydrogens is 224 g/mol. The van der Waals surface area contributed by atoms with E-state index in [4.69, 9.17) is 4.74 Å². The zero-order valence-corrected chi connectivity index (χ0v) is 10.9. The summed E-state index contributed by atoms with van der Waals surface area (Å²) in [7, 11) is 0. The van der Waals surface area contributed by atoms with Gasteiger partial charge in [0, 0.05) is 0 Å².